The minimum absolute atomic E-state index is 0.384. The van der Waals surface area contributed by atoms with Gasteiger partial charge in [-0.3, -0.25) is 4.79 Å². The van der Waals surface area contributed by atoms with Crippen molar-refractivity contribution in [3.05, 3.63) is 33.5 Å². The average molecular weight is 425 g/mol. The Morgan fingerprint density at radius 1 is 1.40 bits per heavy atom. The van der Waals surface area contributed by atoms with Crippen LogP contribution in [0.4, 0.5) is 0 Å². The minimum atomic E-state index is -1.08. The van der Waals surface area contributed by atoms with Gasteiger partial charge in [-0.25, -0.2) is 9.97 Å². The molecule has 0 spiro atoms. The summed E-state index contributed by atoms with van der Waals surface area (Å²) in [4.78, 5) is 21.3. The second-order valence-electron chi connectivity index (χ2n) is 7.51. The highest BCUT2D eigenvalue weighted by Crippen LogP contribution is 2.50. The summed E-state index contributed by atoms with van der Waals surface area (Å²) in [5.41, 5.74) is 0.334. The largest absolute Gasteiger partial charge is 0.481 e. The Kier molecular flexibility index (Phi) is 4.77. The van der Waals surface area contributed by atoms with Gasteiger partial charge in [-0.1, -0.05) is 13.8 Å². The van der Waals surface area contributed by atoms with Crippen LogP contribution >= 0.6 is 27.3 Å². The molecule has 1 fully saturated rings. The van der Waals surface area contributed by atoms with Crippen molar-refractivity contribution >= 4 is 33.2 Å². The summed E-state index contributed by atoms with van der Waals surface area (Å²) in [5.74, 6) is -1.23. The Bertz CT molecular complexity index is 800. The summed E-state index contributed by atoms with van der Waals surface area (Å²) in [6, 6.07) is 3.92. The van der Waals surface area contributed by atoms with Gasteiger partial charge >= 0.3 is 5.97 Å². The molecule has 2 heterocycles. The molecule has 0 unspecified atom stereocenters. The number of aliphatic carboxylic acids is 1. The second kappa shape index (κ2) is 6.45. The molecule has 134 valence electrons. The maximum absolute atomic E-state index is 11.5. The first kappa shape index (κ1) is 18.5. The van der Waals surface area contributed by atoms with Crippen LogP contribution in [-0.4, -0.2) is 26.2 Å². The molecule has 0 aliphatic heterocycles. The summed E-state index contributed by atoms with van der Waals surface area (Å²) in [5, 5.41) is 21.2. The molecule has 0 saturated heterocycles. The van der Waals surface area contributed by atoms with Crippen LogP contribution in [0.1, 0.15) is 43.7 Å². The molecule has 2 aromatic rings. The van der Waals surface area contributed by atoms with E-state index in [-0.39, 0.29) is 0 Å². The summed E-state index contributed by atoms with van der Waals surface area (Å²) < 4.78 is 0.763. The normalized spacial score (nSPS) is 25.7. The molecule has 3 rings (SSSR count). The zero-order valence-electron chi connectivity index (χ0n) is 14.4. The van der Waals surface area contributed by atoms with Crippen molar-refractivity contribution in [3.63, 3.8) is 0 Å². The number of pyridine rings is 1. The molecule has 1 saturated carbocycles. The highest BCUT2D eigenvalue weighted by atomic mass is 79.9. The SMILES string of the molecule is Cc1cc(Br)nc(-c2cnc([C@]3(O)CC[C@@H](C(=O)O)C(C)(C)C3)s2)c1. The molecule has 7 heteroatoms. The Morgan fingerprint density at radius 2 is 2.12 bits per heavy atom. The van der Waals surface area contributed by atoms with E-state index in [1.165, 1.54) is 11.3 Å². The summed E-state index contributed by atoms with van der Waals surface area (Å²) >= 11 is 4.83. The minimum Gasteiger partial charge on any atom is -0.481 e. The van der Waals surface area contributed by atoms with Crippen LogP contribution in [0, 0.1) is 18.3 Å². The third kappa shape index (κ3) is 3.64. The summed E-state index contributed by atoms with van der Waals surface area (Å²) in [6.07, 6.45) is 2.98. The van der Waals surface area contributed by atoms with E-state index in [9.17, 15) is 15.0 Å². The van der Waals surface area contributed by atoms with Crippen molar-refractivity contribution < 1.29 is 15.0 Å². The molecular formula is C18H21BrN2O3S. The van der Waals surface area contributed by atoms with Crippen LogP contribution in [0.5, 0.6) is 0 Å². The number of aromatic nitrogens is 2. The topological polar surface area (TPSA) is 83.3 Å². The maximum atomic E-state index is 11.5. The Balaban J connectivity index is 1.90. The molecule has 2 aromatic heterocycles. The van der Waals surface area contributed by atoms with E-state index >= 15 is 0 Å². The number of aryl methyl sites for hydroxylation is 1. The van der Waals surface area contributed by atoms with Crippen molar-refractivity contribution in [1.82, 2.24) is 9.97 Å². The number of carbonyl (C=O) groups is 1. The van der Waals surface area contributed by atoms with Gasteiger partial charge in [-0.2, -0.15) is 0 Å². The fourth-order valence-corrected chi connectivity index (χ4v) is 5.28. The highest BCUT2D eigenvalue weighted by molar-refractivity contribution is 9.10. The van der Waals surface area contributed by atoms with E-state index in [0.717, 1.165) is 20.7 Å². The molecule has 0 amide bonds. The van der Waals surface area contributed by atoms with Gasteiger partial charge in [0.05, 0.1) is 16.5 Å². The van der Waals surface area contributed by atoms with E-state index in [4.69, 9.17) is 0 Å². The molecule has 2 atom stereocenters. The number of hydrogen-bond acceptors (Lipinski definition) is 5. The van der Waals surface area contributed by atoms with Gasteiger partial charge in [0.2, 0.25) is 0 Å². The van der Waals surface area contributed by atoms with Crippen LogP contribution < -0.4 is 0 Å². The number of thiazole rings is 1. The lowest BCUT2D eigenvalue weighted by molar-refractivity contribution is -0.154. The number of carboxylic acids is 1. The smallest absolute Gasteiger partial charge is 0.307 e. The van der Waals surface area contributed by atoms with E-state index in [1.807, 2.05) is 32.9 Å². The molecule has 2 N–H and O–H groups in total. The van der Waals surface area contributed by atoms with Gasteiger partial charge in [0.25, 0.3) is 0 Å². The first-order valence-corrected chi connectivity index (χ1v) is 9.78. The molecule has 0 aromatic carbocycles. The first-order valence-electron chi connectivity index (χ1n) is 8.17. The van der Waals surface area contributed by atoms with Crippen LogP contribution in [-0.2, 0) is 10.4 Å². The predicted molar refractivity (Wildman–Crippen MR) is 100 cm³/mol. The van der Waals surface area contributed by atoms with Gasteiger partial charge in [0.15, 0.2) is 0 Å². The lowest BCUT2D eigenvalue weighted by Gasteiger charge is -2.44. The van der Waals surface area contributed by atoms with E-state index < -0.39 is 22.9 Å². The van der Waals surface area contributed by atoms with Crippen LogP contribution in [0.25, 0.3) is 10.6 Å². The van der Waals surface area contributed by atoms with Gasteiger partial charge in [-0.15, -0.1) is 11.3 Å². The van der Waals surface area contributed by atoms with Gasteiger partial charge in [-0.05, 0) is 65.2 Å². The number of nitrogens with zero attached hydrogens (tertiary/aromatic N) is 2. The van der Waals surface area contributed by atoms with E-state index in [2.05, 4.69) is 25.9 Å². The van der Waals surface area contributed by atoms with E-state index in [1.54, 1.807) is 6.20 Å². The van der Waals surface area contributed by atoms with Crippen LogP contribution in [0.3, 0.4) is 0 Å². The highest BCUT2D eigenvalue weighted by Gasteiger charge is 2.49. The van der Waals surface area contributed by atoms with Crippen molar-refractivity contribution in [1.29, 1.82) is 0 Å². The van der Waals surface area contributed by atoms with Crippen molar-refractivity contribution in [2.45, 2.75) is 45.6 Å². The van der Waals surface area contributed by atoms with Crippen LogP contribution in [0.15, 0.2) is 22.9 Å². The van der Waals surface area contributed by atoms with Gasteiger partial charge < -0.3 is 10.2 Å². The summed E-state index contributed by atoms with van der Waals surface area (Å²) in [6.45, 7) is 5.81. The number of halogens is 1. The number of hydrogen-bond donors (Lipinski definition) is 2. The Labute approximate surface area is 159 Å². The molecule has 0 radical (unpaired) electrons. The fourth-order valence-electron chi connectivity index (χ4n) is 3.74. The van der Waals surface area contributed by atoms with Gasteiger partial charge in [0, 0.05) is 6.20 Å². The quantitative estimate of drug-likeness (QED) is 0.714. The average Bonchev–Trinajstić information content (AvgIpc) is 2.95. The fraction of sp³-hybridized carbons (Fsp3) is 0.500. The molecule has 25 heavy (non-hydrogen) atoms. The molecule has 1 aliphatic carbocycles. The van der Waals surface area contributed by atoms with Crippen molar-refractivity contribution in [3.8, 4) is 10.6 Å². The predicted octanol–water partition coefficient (Wildman–Crippen LogP) is 4.37. The second-order valence-corrected chi connectivity index (χ2v) is 9.35. The lowest BCUT2D eigenvalue weighted by atomic mass is 9.63. The molecular weight excluding hydrogens is 404 g/mol. The van der Waals surface area contributed by atoms with Crippen LogP contribution in [0.2, 0.25) is 0 Å². The molecule has 5 nitrogen and oxygen atoms in total. The lowest BCUT2D eigenvalue weighted by Crippen LogP contribution is -2.44. The monoisotopic (exact) mass is 424 g/mol. The van der Waals surface area contributed by atoms with E-state index in [0.29, 0.717) is 24.3 Å². The third-order valence-electron chi connectivity index (χ3n) is 4.93. The maximum Gasteiger partial charge on any atom is 0.307 e. The van der Waals surface area contributed by atoms with Gasteiger partial charge in [0.1, 0.15) is 15.2 Å². The third-order valence-corrected chi connectivity index (χ3v) is 6.55. The summed E-state index contributed by atoms with van der Waals surface area (Å²) in [7, 11) is 0. The standard InChI is InChI=1S/C18H21BrN2O3S/c1-10-6-12(21-14(19)7-10)13-8-20-16(25-13)18(24)5-4-11(15(22)23)17(2,3)9-18/h6-8,11,24H,4-5,9H2,1-3H3,(H,22,23)/t11-,18-/m0/s1. The first-order chi connectivity index (χ1) is 11.6. The molecule has 1 aliphatic rings. The van der Waals surface area contributed by atoms with Crippen molar-refractivity contribution in [2.75, 3.05) is 0 Å². The number of rotatable bonds is 3. The zero-order valence-corrected chi connectivity index (χ0v) is 16.8. The zero-order chi connectivity index (χ0) is 18.4. The molecule has 0 bridgehead atoms. The van der Waals surface area contributed by atoms with Crippen molar-refractivity contribution in [2.24, 2.45) is 11.3 Å². The Morgan fingerprint density at radius 3 is 2.72 bits per heavy atom. The number of carboxylic acid groups (broad SMARTS) is 1. The number of aliphatic hydroxyl groups is 1. The Hall–Kier alpha value is -1.31.